The van der Waals surface area contributed by atoms with Gasteiger partial charge in [-0.05, 0) is 37.0 Å². The van der Waals surface area contributed by atoms with E-state index in [0.717, 1.165) is 16.7 Å². The van der Waals surface area contributed by atoms with E-state index in [2.05, 4.69) is 0 Å². The molecule has 1 saturated heterocycles. The number of fused-ring (bicyclic) bond motifs is 1. The number of hydrogen-bond donors (Lipinski definition) is 0. The van der Waals surface area contributed by atoms with Crippen LogP contribution in [0.2, 0.25) is 0 Å². The number of carbonyl (C=O) groups is 2. The minimum atomic E-state index is -0.437. The maximum Gasteiger partial charge on any atom is 0.335 e. The molecule has 5 heteroatoms. The highest BCUT2D eigenvalue weighted by Crippen LogP contribution is 2.56. The molecule has 2 heterocycles. The minimum absolute atomic E-state index is 0.222. The first-order valence-corrected chi connectivity index (χ1v) is 9.17. The van der Waals surface area contributed by atoms with Crippen molar-refractivity contribution in [3.8, 4) is 0 Å². The fourth-order valence-corrected chi connectivity index (χ4v) is 4.31. The molecule has 0 saturated carbocycles. The summed E-state index contributed by atoms with van der Waals surface area (Å²) in [5, 5.41) is 0. The lowest BCUT2D eigenvalue weighted by atomic mass is 9.67. The highest BCUT2D eigenvalue weighted by molar-refractivity contribution is 5.94. The summed E-state index contributed by atoms with van der Waals surface area (Å²) in [7, 11) is 0. The number of rotatable bonds is 4. The number of benzene rings is 1. The van der Waals surface area contributed by atoms with Gasteiger partial charge in [-0.3, -0.25) is 4.79 Å². The summed E-state index contributed by atoms with van der Waals surface area (Å²) in [5.74, 6) is -0.613. The highest BCUT2D eigenvalue weighted by atomic mass is 16.6. The van der Waals surface area contributed by atoms with Crippen LogP contribution in [0.5, 0.6) is 0 Å². The normalized spacial score (nSPS) is 27.3. The van der Waals surface area contributed by atoms with Crippen LogP contribution in [0.25, 0.3) is 0 Å². The Morgan fingerprint density at radius 3 is 2.74 bits per heavy atom. The molecule has 5 nitrogen and oxygen atoms in total. The lowest BCUT2D eigenvalue weighted by Crippen LogP contribution is -2.34. The van der Waals surface area contributed by atoms with E-state index in [1.807, 2.05) is 50.2 Å². The molecule has 4 rings (SSSR count). The summed E-state index contributed by atoms with van der Waals surface area (Å²) in [6, 6.07) is 11.3. The predicted molar refractivity (Wildman–Crippen MR) is 97.6 cm³/mol. The largest absolute Gasteiger partial charge is 0.472 e. The van der Waals surface area contributed by atoms with Crippen LogP contribution in [0.4, 0.5) is 0 Å². The van der Waals surface area contributed by atoms with Crippen molar-refractivity contribution in [2.24, 2.45) is 5.41 Å². The SMILES string of the molecule is CC1=C2C(=O)O[C@@H](c3ccoc3)[C@]2(C)CC[C@H]1OC(=O)Cc1ccccc1. The fourth-order valence-electron chi connectivity index (χ4n) is 4.31. The van der Waals surface area contributed by atoms with Crippen molar-refractivity contribution in [2.75, 3.05) is 0 Å². The second kappa shape index (κ2) is 6.72. The van der Waals surface area contributed by atoms with E-state index < -0.39 is 5.41 Å². The average Bonchev–Trinajstić information content (AvgIpc) is 3.25. The first-order valence-electron chi connectivity index (χ1n) is 9.17. The quantitative estimate of drug-likeness (QED) is 0.761. The van der Waals surface area contributed by atoms with E-state index in [9.17, 15) is 9.59 Å². The van der Waals surface area contributed by atoms with Crippen LogP contribution in [0.1, 0.15) is 43.9 Å². The van der Waals surface area contributed by atoms with Gasteiger partial charge in [-0.2, -0.15) is 0 Å². The smallest absolute Gasteiger partial charge is 0.335 e. The lowest BCUT2D eigenvalue weighted by Gasteiger charge is -2.36. The van der Waals surface area contributed by atoms with Crippen LogP contribution < -0.4 is 0 Å². The molecule has 1 aromatic heterocycles. The molecule has 1 aliphatic heterocycles. The Kier molecular flexibility index (Phi) is 4.38. The van der Waals surface area contributed by atoms with Crippen molar-refractivity contribution in [3.05, 3.63) is 71.2 Å². The third-order valence-electron chi connectivity index (χ3n) is 5.69. The van der Waals surface area contributed by atoms with Crippen LogP contribution in [0.3, 0.4) is 0 Å². The summed E-state index contributed by atoms with van der Waals surface area (Å²) >= 11 is 0. The Labute approximate surface area is 158 Å². The van der Waals surface area contributed by atoms with E-state index in [1.165, 1.54) is 0 Å². The molecule has 3 atom stereocenters. The Bertz CT molecular complexity index is 881. The minimum Gasteiger partial charge on any atom is -0.472 e. The molecule has 1 fully saturated rings. The van der Waals surface area contributed by atoms with Gasteiger partial charge in [-0.15, -0.1) is 0 Å². The van der Waals surface area contributed by atoms with E-state index >= 15 is 0 Å². The van der Waals surface area contributed by atoms with Crippen LogP contribution in [0.15, 0.2) is 64.5 Å². The van der Waals surface area contributed by atoms with Crippen LogP contribution in [-0.4, -0.2) is 18.0 Å². The van der Waals surface area contributed by atoms with Crippen molar-refractivity contribution in [1.82, 2.24) is 0 Å². The van der Waals surface area contributed by atoms with Crippen molar-refractivity contribution >= 4 is 11.9 Å². The Morgan fingerprint density at radius 1 is 1.26 bits per heavy atom. The van der Waals surface area contributed by atoms with E-state index in [1.54, 1.807) is 12.5 Å². The molecule has 0 radical (unpaired) electrons. The molecule has 0 bridgehead atoms. The average molecular weight is 366 g/mol. The fraction of sp³-hybridized carbons (Fsp3) is 0.364. The molecule has 27 heavy (non-hydrogen) atoms. The van der Waals surface area contributed by atoms with Gasteiger partial charge in [0.15, 0.2) is 0 Å². The van der Waals surface area contributed by atoms with E-state index in [0.29, 0.717) is 18.4 Å². The standard InChI is InChI=1S/C22H22O5/c1-14-17(26-18(23)12-15-6-4-3-5-7-15)8-10-22(2)19(14)21(24)27-20(22)16-9-11-25-13-16/h3-7,9,11,13,17,20H,8,10,12H2,1-2H3/t17-,20+,22-/m1/s1. The van der Waals surface area contributed by atoms with Crippen molar-refractivity contribution in [3.63, 3.8) is 0 Å². The van der Waals surface area contributed by atoms with Gasteiger partial charge in [-0.25, -0.2) is 4.79 Å². The summed E-state index contributed by atoms with van der Waals surface area (Å²) in [5.41, 5.74) is 2.76. The monoisotopic (exact) mass is 366 g/mol. The maximum absolute atomic E-state index is 12.6. The zero-order chi connectivity index (χ0) is 19.0. The van der Waals surface area contributed by atoms with Crippen LogP contribution in [-0.2, 0) is 25.5 Å². The first-order chi connectivity index (χ1) is 13.0. The molecule has 1 aromatic carbocycles. The summed E-state index contributed by atoms with van der Waals surface area (Å²) in [6.07, 6.45) is 4.03. The Morgan fingerprint density at radius 2 is 2.04 bits per heavy atom. The van der Waals surface area contributed by atoms with Gasteiger partial charge < -0.3 is 13.9 Å². The summed E-state index contributed by atoms with van der Waals surface area (Å²) < 4.78 is 16.6. The number of furan rings is 1. The lowest BCUT2D eigenvalue weighted by molar-refractivity contribution is -0.147. The van der Waals surface area contributed by atoms with Gasteiger partial charge >= 0.3 is 11.9 Å². The predicted octanol–water partition coefficient (Wildman–Crippen LogP) is 4.15. The maximum atomic E-state index is 12.6. The number of ether oxygens (including phenoxy) is 2. The third kappa shape index (κ3) is 3.07. The molecule has 0 unspecified atom stereocenters. The first kappa shape index (κ1) is 17.6. The van der Waals surface area contributed by atoms with E-state index in [-0.39, 0.29) is 30.6 Å². The van der Waals surface area contributed by atoms with Crippen LogP contribution >= 0.6 is 0 Å². The number of hydrogen-bond acceptors (Lipinski definition) is 5. The van der Waals surface area contributed by atoms with Gasteiger partial charge in [0.1, 0.15) is 12.2 Å². The molecule has 0 amide bonds. The number of esters is 2. The molecule has 140 valence electrons. The summed E-state index contributed by atoms with van der Waals surface area (Å²) in [6.45, 7) is 3.91. The zero-order valence-electron chi connectivity index (χ0n) is 15.4. The molecule has 1 aliphatic carbocycles. The zero-order valence-corrected chi connectivity index (χ0v) is 15.4. The van der Waals surface area contributed by atoms with Gasteiger partial charge in [0.25, 0.3) is 0 Å². The molecular formula is C22H22O5. The number of cyclic esters (lactones) is 1. The highest BCUT2D eigenvalue weighted by Gasteiger charge is 2.54. The van der Waals surface area contributed by atoms with Gasteiger partial charge in [0, 0.05) is 16.6 Å². The second-order valence-electron chi connectivity index (χ2n) is 7.50. The molecular weight excluding hydrogens is 344 g/mol. The van der Waals surface area contributed by atoms with Crippen molar-refractivity contribution in [2.45, 2.75) is 45.3 Å². The van der Waals surface area contributed by atoms with Crippen molar-refractivity contribution in [1.29, 1.82) is 0 Å². The molecule has 0 N–H and O–H groups in total. The Balaban J connectivity index is 1.55. The summed E-state index contributed by atoms with van der Waals surface area (Å²) in [4.78, 5) is 25.0. The topological polar surface area (TPSA) is 65.7 Å². The molecule has 2 aliphatic rings. The van der Waals surface area contributed by atoms with Gasteiger partial charge in [0.2, 0.25) is 0 Å². The second-order valence-corrected chi connectivity index (χ2v) is 7.50. The van der Waals surface area contributed by atoms with Crippen LogP contribution in [0, 0.1) is 5.41 Å². The third-order valence-corrected chi connectivity index (χ3v) is 5.69. The molecule has 0 spiro atoms. The number of carbonyl (C=O) groups excluding carboxylic acids is 2. The van der Waals surface area contributed by atoms with Gasteiger partial charge in [-0.1, -0.05) is 37.3 Å². The van der Waals surface area contributed by atoms with Gasteiger partial charge in [0.05, 0.1) is 18.9 Å². The van der Waals surface area contributed by atoms with E-state index in [4.69, 9.17) is 13.9 Å². The molecule has 2 aromatic rings. The Hall–Kier alpha value is -2.82. The van der Waals surface area contributed by atoms with Crippen molar-refractivity contribution < 1.29 is 23.5 Å².